The van der Waals surface area contributed by atoms with Crippen LogP contribution < -0.4 is 5.32 Å². The lowest BCUT2D eigenvalue weighted by Crippen LogP contribution is -2.50. The number of nitrogens with one attached hydrogen (secondary N) is 1. The fourth-order valence-corrected chi connectivity index (χ4v) is 2.44. The average molecular weight is 326 g/mol. The third kappa shape index (κ3) is 4.61. The number of ether oxygens (including phenoxy) is 1. The molecule has 0 spiro atoms. The number of halogens is 1. The molecule has 1 fully saturated rings. The molecule has 1 aliphatic heterocycles. The van der Waals surface area contributed by atoms with Crippen LogP contribution in [-0.4, -0.2) is 68.2 Å². The van der Waals surface area contributed by atoms with Gasteiger partial charge in [0, 0.05) is 49.9 Å². The smallest absolute Gasteiger partial charge is 0.409 e. The van der Waals surface area contributed by atoms with Crippen molar-refractivity contribution in [3.63, 3.8) is 0 Å². The van der Waals surface area contributed by atoms with Gasteiger partial charge in [-0.3, -0.25) is 9.69 Å². The first-order valence-electron chi connectivity index (χ1n) is 7.19. The van der Waals surface area contributed by atoms with Crippen molar-refractivity contribution in [3.05, 3.63) is 34.9 Å². The molecule has 7 heteroatoms. The maximum absolute atomic E-state index is 11.9. The molecule has 22 heavy (non-hydrogen) atoms. The molecule has 1 heterocycles. The van der Waals surface area contributed by atoms with Crippen LogP contribution in [0, 0.1) is 0 Å². The largest absolute Gasteiger partial charge is 0.453 e. The van der Waals surface area contributed by atoms with Crippen LogP contribution in [0.2, 0.25) is 5.02 Å². The van der Waals surface area contributed by atoms with Crippen molar-refractivity contribution in [2.75, 3.05) is 46.4 Å². The van der Waals surface area contributed by atoms with E-state index in [0.717, 1.165) is 19.6 Å². The van der Waals surface area contributed by atoms with Crippen LogP contribution >= 0.6 is 11.6 Å². The topological polar surface area (TPSA) is 61.9 Å². The Bertz CT molecular complexity index is 513. The maximum atomic E-state index is 11.9. The van der Waals surface area contributed by atoms with Crippen LogP contribution in [0.25, 0.3) is 0 Å². The Balaban J connectivity index is 1.68. The molecule has 1 saturated heterocycles. The van der Waals surface area contributed by atoms with Crippen molar-refractivity contribution in [3.8, 4) is 0 Å². The number of piperazine rings is 1. The van der Waals surface area contributed by atoms with Crippen molar-refractivity contribution < 1.29 is 14.3 Å². The van der Waals surface area contributed by atoms with E-state index in [1.54, 1.807) is 29.2 Å². The summed E-state index contributed by atoms with van der Waals surface area (Å²) in [4.78, 5) is 27.2. The van der Waals surface area contributed by atoms with Crippen LogP contribution in [0.5, 0.6) is 0 Å². The van der Waals surface area contributed by atoms with Gasteiger partial charge in [0.25, 0.3) is 5.91 Å². The van der Waals surface area contributed by atoms with Gasteiger partial charge >= 0.3 is 6.09 Å². The van der Waals surface area contributed by atoms with Gasteiger partial charge in [-0.15, -0.1) is 0 Å². The molecule has 0 unspecified atom stereocenters. The van der Waals surface area contributed by atoms with Crippen LogP contribution in [0.3, 0.4) is 0 Å². The molecular formula is C15H20ClN3O3. The lowest BCUT2D eigenvalue weighted by molar-refractivity contribution is 0.0885. The number of amides is 2. The van der Waals surface area contributed by atoms with Crippen molar-refractivity contribution in [1.82, 2.24) is 15.1 Å². The van der Waals surface area contributed by atoms with E-state index in [9.17, 15) is 9.59 Å². The summed E-state index contributed by atoms with van der Waals surface area (Å²) >= 11 is 5.79. The molecule has 2 rings (SSSR count). The first-order chi connectivity index (χ1) is 10.6. The van der Waals surface area contributed by atoms with E-state index < -0.39 is 0 Å². The minimum Gasteiger partial charge on any atom is -0.453 e. The predicted octanol–water partition coefficient (Wildman–Crippen LogP) is 1.45. The molecule has 0 atom stereocenters. The molecule has 120 valence electrons. The molecule has 1 N–H and O–H groups in total. The molecule has 0 aromatic heterocycles. The number of hydrogen-bond acceptors (Lipinski definition) is 4. The van der Waals surface area contributed by atoms with Crippen LogP contribution in [0.1, 0.15) is 10.4 Å². The van der Waals surface area contributed by atoms with Gasteiger partial charge in [-0.05, 0) is 24.3 Å². The first-order valence-corrected chi connectivity index (χ1v) is 7.57. The summed E-state index contributed by atoms with van der Waals surface area (Å²) in [7, 11) is 1.39. The quantitative estimate of drug-likeness (QED) is 0.910. The Morgan fingerprint density at radius 3 is 2.41 bits per heavy atom. The Hall–Kier alpha value is -1.79. The SMILES string of the molecule is COC(=O)N1CCN(CCNC(=O)c2ccc(Cl)cc2)CC1. The number of carbonyl (C=O) groups is 2. The first kappa shape index (κ1) is 16.6. The molecule has 6 nitrogen and oxygen atoms in total. The van der Waals surface area contributed by atoms with Crippen LogP contribution in [0.15, 0.2) is 24.3 Å². The molecule has 1 aliphatic rings. The second-order valence-electron chi connectivity index (χ2n) is 5.06. The zero-order chi connectivity index (χ0) is 15.9. The number of methoxy groups -OCH3 is 1. The van der Waals surface area contributed by atoms with Crippen molar-refractivity contribution >= 4 is 23.6 Å². The fraction of sp³-hybridized carbons (Fsp3) is 0.467. The lowest BCUT2D eigenvalue weighted by Gasteiger charge is -2.33. The van der Waals surface area contributed by atoms with E-state index >= 15 is 0 Å². The molecular weight excluding hydrogens is 306 g/mol. The predicted molar refractivity (Wildman–Crippen MR) is 84.2 cm³/mol. The molecule has 2 amide bonds. The fourth-order valence-electron chi connectivity index (χ4n) is 2.31. The third-order valence-electron chi connectivity index (χ3n) is 3.63. The Labute approximate surface area is 135 Å². The normalized spacial score (nSPS) is 15.5. The minimum atomic E-state index is -0.282. The Kier molecular flexibility index (Phi) is 6.03. The second kappa shape index (κ2) is 8.00. The maximum Gasteiger partial charge on any atom is 0.409 e. The monoisotopic (exact) mass is 325 g/mol. The highest BCUT2D eigenvalue weighted by Gasteiger charge is 2.21. The van der Waals surface area contributed by atoms with E-state index in [1.165, 1.54) is 7.11 Å². The number of hydrogen-bond donors (Lipinski definition) is 1. The Morgan fingerprint density at radius 1 is 1.18 bits per heavy atom. The number of carbonyl (C=O) groups excluding carboxylic acids is 2. The third-order valence-corrected chi connectivity index (χ3v) is 3.88. The summed E-state index contributed by atoms with van der Waals surface area (Å²) in [6.45, 7) is 4.20. The lowest BCUT2D eigenvalue weighted by atomic mass is 10.2. The van der Waals surface area contributed by atoms with E-state index in [2.05, 4.69) is 10.2 Å². The second-order valence-corrected chi connectivity index (χ2v) is 5.50. The molecule has 0 radical (unpaired) electrons. The van der Waals surface area contributed by atoms with E-state index in [4.69, 9.17) is 16.3 Å². The van der Waals surface area contributed by atoms with Gasteiger partial charge in [-0.2, -0.15) is 0 Å². The molecule has 1 aromatic carbocycles. The van der Waals surface area contributed by atoms with Gasteiger partial charge in [-0.25, -0.2) is 4.79 Å². The van der Waals surface area contributed by atoms with Gasteiger partial charge in [0.1, 0.15) is 0 Å². The van der Waals surface area contributed by atoms with E-state index in [1.807, 2.05) is 0 Å². The summed E-state index contributed by atoms with van der Waals surface area (Å²) in [6, 6.07) is 6.80. The van der Waals surface area contributed by atoms with Crippen molar-refractivity contribution in [1.29, 1.82) is 0 Å². The van der Waals surface area contributed by atoms with Gasteiger partial charge in [0.05, 0.1) is 7.11 Å². The molecule has 0 saturated carbocycles. The zero-order valence-corrected chi connectivity index (χ0v) is 13.3. The molecule has 0 aliphatic carbocycles. The highest BCUT2D eigenvalue weighted by Crippen LogP contribution is 2.09. The standard InChI is InChI=1S/C15H20ClN3O3/c1-22-15(21)19-10-8-18(9-11-19)7-6-17-14(20)12-2-4-13(16)5-3-12/h2-5H,6-11H2,1H3,(H,17,20). The number of nitrogens with zero attached hydrogens (tertiary/aromatic N) is 2. The summed E-state index contributed by atoms with van der Waals surface area (Å²) in [6.07, 6.45) is -0.282. The van der Waals surface area contributed by atoms with Gasteiger partial charge in [0.2, 0.25) is 0 Å². The Morgan fingerprint density at radius 2 is 1.82 bits per heavy atom. The molecule has 0 bridgehead atoms. The summed E-state index contributed by atoms with van der Waals surface area (Å²) in [5.74, 6) is -0.107. The van der Waals surface area contributed by atoms with Gasteiger partial charge in [0.15, 0.2) is 0 Å². The highest BCUT2D eigenvalue weighted by atomic mass is 35.5. The highest BCUT2D eigenvalue weighted by molar-refractivity contribution is 6.30. The zero-order valence-electron chi connectivity index (χ0n) is 12.5. The van der Waals surface area contributed by atoms with Gasteiger partial charge < -0.3 is 15.0 Å². The number of benzene rings is 1. The van der Waals surface area contributed by atoms with Crippen LogP contribution in [0.4, 0.5) is 4.79 Å². The molecule has 1 aromatic rings. The van der Waals surface area contributed by atoms with Crippen molar-refractivity contribution in [2.24, 2.45) is 0 Å². The summed E-state index contributed by atoms with van der Waals surface area (Å²) < 4.78 is 4.70. The van der Waals surface area contributed by atoms with E-state index in [0.29, 0.717) is 30.2 Å². The average Bonchev–Trinajstić information content (AvgIpc) is 2.55. The van der Waals surface area contributed by atoms with Crippen molar-refractivity contribution in [2.45, 2.75) is 0 Å². The number of rotatable bonds is 4. The van der Waals surface area contributed by atoms with E-state index in [-0.39, 0.29) is 12.0 Å². The van der Waals surface area contributed by atoms with Gasteiger partial charge in [-0.1, -0.05) is 11.6 Å². The minimum absolute atomic E-state index is 0.107. The van der Waals surface area contributed by atoms with Crippen LogP contribution in [-0.2, 0) is 4.74 Å². The summed E-state index contributed by atoms with van der Waals surface area (Å²) in [5.41, 5.74) is 0.597. The summed E-state index contributed by atoms with van der Waals surface area (Å²) in [5, 5.41) is 3.49.